The molecule has 1 unspecified atom stereocenters. The molecule has 2 rings (SSSR count). The van der Waals surface area contributed by atoms with Crippen molar-refractivity contribution in [2.24, 2.45) is 11.7 Å². The normalized spacial score (nSPS) is 19.3. The Labute approximate surface area is 105 Å². The first-order valence-electron chi connectivity index (χ1n) is 5.90. The standard InChI is InChI=1S/C13H16N2O3/c14-6-10-5-12(16)15(8-10)7-9-1-3-11(4-2-9)13(17)18/h1-4,10H,5-8,14H2,(H,17,18). The third-order valence-electron chi connectivity index (χ3n) is 3.20. The Morgan fingerprint density at radius 2 is 2.06 bits per heavy atom. The molecule has 1 aliphatic heterocycles. The highest BCUT2D eigenvalue weighted by Crippen LogP contribution is 2.19. The maximum absolute atomic E-state index is 11.7. The molecule has 1 aromatic rings. The number of benzene rings is 1. The molecule has 1 aromatic carbocycles. The van der Waals surface area contributed by atoms with Gasteiger partial charge in [-0.05, 0) is 30.2 Å². The Kier molecular flexibility index (Phi) is 3.62. The number of aromatic carboxylic acids is 1. The Bertz CT molecular complexity index is 456. The number of carbonyl (C=O) groups excluding carboxylic acids is 1. The summed E-state index contributed by atoms with van der Waals surface area (Å²) in [5, 5.41) is 8.79. The fourth-order valence-corrected chi connectivity index (χ4v) is 2.14. The molecule has 0 saturated carbocycles. The highest BCUT2D eigenvalue weighted by atomic mass is 16.4. The number of carboxylic acid groups (broad SMARTS) is 1. The van der Waals surface area contributed by atoms with Crippen molar-refractivity contribution in [1.29, 1.82) is 0 Å². The molecule has 1 heterocycles. The quantitative estimate of drug-likeness (QED) is 0.821. The van der Waals surface area contributed by atoms with E-state index in [2.05, 4.69) is 0 Å². The molecule has 1 saturated heterocycles. The van der Waals surface area contributed by atoms with Crippen molar-refractivity contribution in [3.05, 3.63) is 35.4 Å². The first-order chi connectivity index (χ1) is 8.60. The number of likely N-dealkylation sites (tertiary alicyclic amines) is 1. The third-order valence-corrected chi connectivity index (χ3v) is 3.20. The van der Waals surface area contributed by atoms with Crippen molar-refractivity contribution >= 4 is 11.9 Å². The smallest absolute Gasteiger partial charge is 0.335 e. The minimum Gasteiger partial charge on any atom is -0.478 e. The molecule has 0 spiro atoms. The van der Waals surface area contributed by atoms with Crippen molar-refractivity contribution in [1.82, 2.24) is 4.90 Å². The Balaban J connectivity index is 2.01. The molecule has 1 fully saturated rings. The Hall–Kier alpha value is -1.88. The lowest BCUT2D eigenvalue weighted by molar-refractivity contribution is -0.128. The van der Waals surface area contributed by atoms with Crippen LogP contribution >= 0.6 is 0 Å². The second-order valence-electron chi connectivity index (χ2n) is 4.58. The summed E-state index contributed by atoms with van der Waals surface area (Å²) in [7, 11) is 0. The van der Waals surface area contributed by atoms with Gasteiger partial charge in [-0.2, -0.15) is 0 Å². The van der Waals surface area contributed by atoms with E-state index in [1.807, 2.05) is 0 Å². The minimum absolute atomic E-state index is 0.118. The van der Waals surface area contributed by atoms with Gasteiger partial charge in [-0.3, -0.25) is 4.79 Å². The zero-order valence-electron chi connectivity index (χ0n) is 10.0. The molecule has 5 heteroatoms. The van der Waals surface area contributed by atoms with Crippen LogP contribution in [0.5, 0.6) is 0 Å². The summed E-state index contributed by atoms with van der Waals surface area (Å²) >= 11 is 0. The van der Waals surface area contributed by atoms with E-state index in [0.717, 1.165) is 5.56 Å². The fraction of sp³-hybridized carbons (Fsp3) is 0.385. The summed E-state index contributed by atoms with van der Waals surface area (Å²) in [5.41, 5.74) is 6.75. The monoisotopic (exact) mass is 248 g/mol. The van der Waals surface area contributed by atoms with Gasteiger partial charge in [-0.25, -0.2) is 4.79 Å². The number of carboxylic acids is 1. The molecule has 3 N–H and O–H groups in total. The second-order valence-corrected chi connectivity index (χ2v) is 4.58. The van der Waals surface area contributed by atoms with Gasteiger partial charge < -0.3 is 15.7 Å². The summed E-state index contributed by atoms with van der Waals surface area (Å²) in [6.45, 7) is 1.74. The molecular weight excluding hydrogens is 232 g/mol. The van der Waals surface area contributed by atoms with Gasteiger partial charge in [0.2, 0.25) is 5.91 Å². The van der Waals surface area contributed by atoms with Crippen LogP contribution in [0.15, 0.2) is 24.3 Å². The van der Waals surface area contributed by atoms with Gasteiger partial charge in [0.1, 0.15) is 0 Å². The zero-order chi connectivity index (χ0) is 13.1. The van der Waals surface area contributed by atoms with Crippen LogP contribution in [0.2, 0.25) is 0 Å². The lowest BCUT2D eigenvalue weighted by Gasteiger charge is -2.16. The number of nitrogens with two attached hydrogens (primary N) is 1. The summed E-state index contributed by atoms with van der Waals surface area (Å²) in [6, 6.07) is 6.59. The van der Waals surface area contributed by atoms with Crippen LogP contribution < -0.4 is 5.73 Å². The third kappa shape index (κ3) is 2.68. The van der Waals surface area contributed by atoms with E-state index in [0.29, 0.717) is 26.1 Å². The number of carbonyl (C=O) groups is 2. The topological polar surface area (TPSA) is 83.6 Å². The SMILES string of the molecule is NCC1CC(=O)N(Cc2ccc(C(=O)O)cc2)C1. The zero-order valence-corrected chi connectivity index (χ0v) is 10.0. The van der Waals surface area contributed by atoms with Crippen LogP contribution in [0.25, 0.3) is 0 Å². The van der Waals surface area contributed by atoms with Crippen LogP contribution in [-0.4, -0.2) is 35.0 Å². The van der Waals surface area contributed by atoms with E-state index in [4.69, 9.17) is 10.8 Å². The summed E-state index contributed by atoms with van der Waals surface area (Å²) in [4.78, 5) is 24.2. The molecule has 1 amide bonds. The summed E-state index contributed by atoms with van der Waals surface area (Å²) < 4.78 is 0. The van der Waals surface area contributed by atoms with Crippen molar-refractivity contribution in [3.63, 3.8) is 0 Å². The van der Waals surface area contributed by atoms with E-state index in [1.54, 1.807) is 29.2 Å². The van der Waals surface area contributed by atoms with Crippen molar-refractivity contribution in [2.45, 2.75) is 13.0 Å². The molecule has 5 nitrogen and oxygen atoms in total. The van der Waals surface area contributed by atoms with E-state index in [-0.39, 0.29) is 17.4 Å². The highest BCUT2D eigenvalue weighted by molar-refractivity contribution is 5.87. The lowest BCUT2D eigenvalue weighted by atomic mass is 10.1. The predicted octanol–water partition coefficient (Wildman–Crippen LogP) is 0.692. The molecule has 18 heavy (non-hydrogen) atoms. The van der Waals surface area contributed by atoms with Gasteiger partial charge in [-0.1, -0.05) is 12.1 Å². The Morgan fingerprint density at radius 1 is 1.39 bits per heavy atom. The fourth-order valence-electron chi connectivity index (χ4n) is 2.14. The molecule has 0 aliphatic carbocycles. The van der Waals surface area contributed by atoms with Crippen LogP contribution in [0.4, 0.5) is 0 Å². The van der Waals surface area contributed by atoms with Crippen molar-refractivity contribution in [3.8, 4) is 0 Å². The summed E-state index contributed by atoms with van der Waals surface area (Å²) in [5.74, 6) is -0.578. The molecular formula is C13H16N2O3. The van der Waals surface area contributed by atoms with E-state index in [1.165, 1.54) is 0 Å². The molecule has 0 radical (unpaired) electrons. The number of hydrogen-bond acceptors (Lipinski definition) is 3. The van der Waals surface area contributed by atoms with Crippen LogP contribution in [0, 0.1) is 5.92 Å². The molecule has 96 valence electrons. The predicted molar refractivity (Wildman–Crippen MR) is 66.0 cm³/mol. The van der Waals surface area contributed by atoms with Gasteiger partial charge in [0.05, 0.1) is 5.56 Å². The maximum Gasteiger partial charge on any atom is 0.335 e. The van der Waals surface area contributed by atoms with Gasteiger partial charge >= 0.3 is 5.97 Å². The van der Waals surface area contributed by atoms with Crippen LogP contribution in [0.1, 0.15) is 22.3 Å². The number of hydrogen-bond donors (Lipinski definition) is 2. The lowest BCUT2D eigenvalue weighted by Crippen LogP contribution is -2.25. The largest absolute Gasteiger partial charge is 0.478 e. The van der Waals surface area contributed by atoms with Crippen molar-refractivity contribution in [2.75, 3.05) is 13.1 Å². The highest BCUT2D eigenvalue weighted by Gasteiger charge is 2.28. The number of rotatable bonds is 4. The number of amides is 1. The first kappa shape index (κ1) is 12.6. The minimum atomic E-state index is -0.943. The van der Waals surface area contributed by atoms with Gasteiger partial charge in [0, 0.05) is 19.5 Å². The molecule has 0 bridgehead atoms. The molecule has 0 aromatic heterocycles. The second kappa shape index (κ2) is 5.18. The van der Waals surface area contributed by atoms with E-state index < -0.39 is 5.97 Å². The first-order valence-corrected chi connectivity index (χ1v) is 5.90. The average Bonchev–Trinajstić information content (AvgIpc) is 2.71. The van der Waals surface area contributed by atoms with E-state index in [9.17, 15) is 9.59 Å². The van der Waals surface area contributed by atoms with E-state index >= 15 is 0 Å². The van der Waals surface area contributed by atoms with Gasteiger partial charge in [-0.15, -0.1) is 0 Å². The molecule has 1 aliphatic rings. The molecule has 1 atom stereocenters. The van der Waals surface area contributed by atoms with Crippen LogP contribution in [0.3, 0.4) is 0 Å². The average molecular weight is 248 g/mol. The summed E-state index contributed by atoms with van der Waals surface area (Å²) in [6.07, 6.45) is 0.518. The van der Waals surface area contributed by atoms with Crippen molar-refractivity contribution < 1.29 is 14.7 Å². The van der Waals surface area contributed by atoms with Gasteiger partial charge in [0.15, 0.2) is 0 Å². The Morgan fingerprint density at radius 3 is 2.56 bits per heavy atom. The van der Waals surface area contributed by atoms with Gasteiger partial charge in [0.25, 0.3) is 0 Å². The number of nitrogens with zero attached hydrogens (tertiary/aromatic N) is 1. The maximum atomic E-state index is 11.7. The van der Waals surface area contributed by atoms with Crippen LogP contribution in [-0.2, 0) is 11.3 Å².